The standard InChI is InChI=1S/C14H19N3O2S.C2HF3O2/c18-14(12-7-20-8-15-12)16-11-4-17(3-9-1-2-9)13-6-19-5-10(11)13;3-2(4,5)1(6)7/h7-11,13H,1-6H2,(H,16,18);(H,6,7)/t10-,11-,13-;/m1./s1. The Kier molecular flexibility index (Phi) is 6.02. The molecule has 11 heteroatoms. The van der Waals surface area contributed by atoms with Crippen molar-refractivity contribution in [1.82, 2.24) is 15.2 Å². The number of alkyl halides is 3. The van der Waals surface area contributed by atoms with Crippen LogP contribution in [0.1, 0.15) is 23.3 Å². The number of halogens is 3. The largest absolute Gasteiger partial charge is 0.490 e. The van der Waals surface area contributed by atoms with E-state index in [2.05, 4.69) is 15.2 Å². The highest BCUT2D eigenvalue weighted by molar-refractivity contribution is 7.07. The highest BCUT2D eigenvalue weighted by atomic mass is 32.1. The van der Waals surface area contributed by atoms with Crippen molar-refractivity contribution in [3.63, 3.8) is 0 Å². The number of aromatic nitrogens is 1. The number of nitrogens with zero attached hydrogens (tertiary/aromatic N) is 2. The number of nitrogens with one attached hydrogen (secondary N) is 1. The molecule has 3 fully saturated rings. The second kappa shape index (κ2) is 8.11. The summed E-state index contributed by atoms with van der Waals surface area (Å²) in [4.78, 5) is 27.7. The van der Waals surface area contributed by atoms with Crippen LogP contribution in [-0.4, -0.2) is 71.4 Å². The molecule has 2 N–H and O–H groups in total. The van der Waals surface area contributed by atoms with Gasteiger partial charge < -0.3 is 15.2 Å². The number of hydrogen-bond acceptors (Lipinski definition) is 6. The Hall–Kier alpha value is -1.72. The molecule has 27 heavy (non-hydrogen) atoms. The second-order valence-corrected chi connectivity index (χ2v) is 7.64. The minimum Gasteiger partial charge on any atom is -0.475 e. The molecule has 0 radical (unpaired) electrons. The third-order valence-corrected chi connectivity index (χ3v) is 5.51. The normalized spacial score (nSPS) is 27.6. The fraction of sp³-hybridized carbons (Fsp3) is 0.688. The van der Waals surface area contributed by atoms with Crippen LogP contribution in [0, 0.1) is 11.8 Å². The summed E-state index contributed by atoms with van der Waals surface area (Å²) >= 11 is 1.46. The van der Waals surface area contributed by atoms with Crippen LogP contribution in [0.25, 0.3) is 0 Å². The van der Waals surface area contributed by atoms with Crippen molar-refractivity contribution in [1.29, 1.82) is 0 Å². The molecule has 2 saturated heterocycles. The summed E-state index contributed by atoms with van der Waals surface area (Å²) in [6.07, 6.45) is -2.35. The van der Waals surface area contributed by atoms with Crippen LogP contribution in [0.15, 0.2) is 10.9 Å². The van der Waals surface area contributed by atoms with E-state index in [1.165, 1.54) is 30.7 Å². The number of fused-ring (bicyclic) bond motifs is 1. The van der Waals surface area contributed by atoms with Crippen molar-refractivity contribution in [2.45, 2.75) is 31.1 Å². The molecule has 4 rings (SSSR count). The maximum Gasteiger partial charge on any atom is 0.490 e. The first-order valence-corrected chi connectivity index (χ1v) is 9.51. The molecular weight excluding hydrogens is 387 g/mol. The fourth-order valence-electron chi connectivity index (χ4n) is 3.41. The first kappa shape index (κ1) is 20.0. The molecule has 2 aliphatic heterocycles. The Morgan fingerprint density at radius 2 is 2.07 bits per heavy atom. The van der Waals surface area contributed by atoms with Gasteiger partial charge in [0, 0.05) is 36.5 Å². The third-order valence-electron chi connectivity index (χ3n) is 4.92. The Balaban J connectivity index is 0.000000260. The summed E-state index contributed by atoms with van der Waals surface area (Å²) in [5.41, 5.74) is 2.23. The number of aliphatic carboxylic acids is 1. The van der Waals surface area contributed by atoms with Gasteiger partial charge in [-0.25, -0.2) is 9.78 Å². The van der Waals surface area contributed by atoms with E-state index in [0.29, 0.717) is 17.7 Å². The summed E-state index contributed by atoms with van der Waals surface area (Å²) < 4.78 is 37.4. The van der Waals surface area contributed by atoms with Crippen molar-refractivity contribution in [3.05, 3.63) is 16.6 Å². The lowest BCUT2D eigenvalue weighted by Gasteiger charge is -2.21. The minimum atomic E-state index is -5.08. The van der Waals surface area contributed by atoms with Crippen LogP contribution >= 0.6 is 11.3 Å². The number of carboxylic acids is 1. The van der Waals surface area contributed by atoms with Gasteiger partial charge in [0.05, 0.1) is 18.7 Å². The van der Waals surface area contributed by atoms with Crippen molar-refractivity contribution in [2.75, 3.05) is 26.3 Å². The minimum absolute atomic E-state index is 0.0461. The smallest absolute Gasteiger partial charge is 0.475 e. The van der Waals surface area contributed by atoms with Crippen molar-refractivity contribution < 1.29 is 32.6 Å². The third kappa shape index (κ3) is 5.17. The topological polar surface area (TPSA) is 91.8 Å². The molecule has 0 spiro atoms. The summed E-state index contributed by atoms with van der Waals surface area (Å²) in [6, 6.07) is 0.701. The van der Waals surface area contributed by atoms with Gasteiger partial charge in [-0.3, -0.25) is 9.69 Å². The summed E-state index contributed by atoms with van der Waals surface area (Å²) in [6.45, 7) is 3.73. The van der Waals surface area contributed by atoms with E-state index in [1.54, 1.807) is 10.9 Å². The highest BCUT2D eigenvalue weighted by Crippen LogP contribution is 2.36. The van der Waals surface area contributed by atoms with Gasteiger partial charge in [0.15, 0.2) is 0 Å². The Labute approximate surface area is 157 Å². The molecule has 0 bridgehead atoms. The number of amides is 1. The number of rotatable bonds is 4. The molecule has 0 unspecified atom stereocenters. The molecule has 150 valence electrons. The lowest BCUT2D eigenvalue weighted by Crippen LogP contribution is -2.41. The molecule has 1 aliphatic carbocycles. The number of carboxylic acid groups (broad SMARTS) is 1. The zero-order valence-corrected chi connectivity index (χ0v) is 15.1. The lowest BCUT2D eigenvalue weighted by molar-refractivity contribution is -0.192. The molecule has 3 heterocycles. The maximum absolute atomic E-state index is 12.2. The first-order chi connectivity index (χ1) is 12.8. The quantitative estimate of drug-likeness (QED) is 0.788. The molecule has 1 aromatic heterocycles. The van der Waals surface area contributed by atoms with Gasteiger partial charge in [-0.1, -0.05) is 0 Å². The monoisotopic (exact) mass is 407 g/mol. The van der Waals surface area contributed by atoms with Gasteiger partial charge in [-0.05, 0) is 18.8 Å². The summed E-state index contributed by atoms with van der Waals surface area (Å²) in [5, 5.41) is 12.1. The number of hydrogen-bond donors (Lipinski definition) is 2. The lowest BCUT2D eigenvalue weighted by atomic mass is 10.00. The molecule has 1 amide bonds. The summed E-state index contributed by atoms with van der Waals surface area (Å²) in [7, 11) is 0. The Morgan fingerprint density at radius 1 is 1.37 bits per heavy atom. The highest BCUT2D eigenvalue weighted by Gasteiger charge is 2.47. The van der Waals surface area contributed by atoms with Gasteiger partial charge in [0.1, 0.15) is 5.69 Å². The number of carbonyl (C=O) groups is 2. The maximum atomic E-state index is 12.2. The second-order valence-electron chi connectivity index (χ2n) is 6.92. The number of ether oxygens (including phenoxy) is 1. The van der Waals surface area contributed by atoms with E-state index in [1.807, 2.05) is 0 Å². The van der Waals surface area contributed by atoms with E-state index >= 15 is 0 Å². The average molecular weight is 407 g/mol. The molecule has 3 atom stereocenters. The van der Waals surface area contributed by atoms with Gasteiger partial charge in [-0.15, -0.1) is 11.3 Å². The predicted octanol–water partition coefficient (Wildman–Crippen LogP) is 1.62. The van der Waals surface area contributed by atoms with E-state index in [4.69, 9.17) is 14.6 Å². The van der Waals surface area contributed by atoms with Crippen molar-refractivity contribution in [2.24, 2.45) is 11.8 Å². The zero-order chi connectivity index (χ0) is 19.6. The molecule has 0 aromatic carbocycles. The van der Waals surface area contributed by atoms with E-state index in [-0.39, 0.29) is 11.9 Å². The Bertz CT molecular complexity index is 666. The molecule has 3 aliphatic rings. The van der Waals surface area contributed by atoms with E-state index < -0.39 is 12.1 Å². The average Bonchev–Trinajstić information content (AvgIpc) is 3.04. The zero-order valence-electron chi connectivity index (χ0n) is 14.3. The van der Waals surface area contributed by atoms with E-state index in [0.717, 1.165) is 25.7 Å². The number of thiazole rings is 1. The molecular formula is C16H20F3N3O4S. The van der Waals surface area contributed by atoms with Gasteiger partial charge in [0.2, 0.25) is 0 Å². The number of carbonyl (C=O) groups excluding carboxylic acids is 1. The van der Waals surface area contributed by atoms with Crippen LogP contribution in [0.2, 0.25) is 0 Å². The van der Waals surface area contributed by atoms with Crippen LogP contribution in [-0.2, 0) is 9.53 Å². The first-order valence-electron chi connectivity index (χ1n) is 8.56. The van der Waals surface area contributed by atoms with Crippen LogP contribution in [0.3, 0.4) is 0 Å². The SMILES string of the molecule is O=C(N[C@@H]1CN(CC2CC2)[C@@H]2COC[C@@H]21)c1cscn1.O=C(O)C(F)(F)F. The molecule has 1 aromatic rings. The molecule has 1 saturated carbocycles. The van der Waals surface area contributed by atoms with Gasteiger partial charge in [0.25, 0.3) is 5.91 Å². The fourth-order valence-corrected chi connectivity index (χ4v) is 3.94. The van der Waals surface area contributed by atoms with Crippen molar-refractivity contribution >= 4 is 23.2 Å². The van der Waals surface area contributed by atoms with Crippen LogP contribution < -0.4 is 5.32 Å². The summed E-state index contributed by atoms with van der Waals surface area (Å²) in [5.74, 6) is -1.48. The van der Waals surface area contributed by atoms with Crippen LogP contribution in [0.4, 0.5) is 13.2 Å². The van der Waals surface area contributed by atoms with E-state index in [9.17, 15) is 18.0 Å². The van der Waals surface area contributed by atoms with Crippen LogP contribution in [0.5, 0.6) is 0 Å². The van der Waals surface area contributed by atoms with Gasteiger partial charge >= 0.3 is 12.1 Å². The molecule has 7 nitrogen and oxygen atoms in total. The number of likely N-dealkylation sites (tertiary alicyclic amines) is 1. The predicted molar refractivity (Wildman–Crippen MR) is 89.5 cm³/mol. The van der Waals surface area contributed by atoms with Crippen molar-refractivity contribution in [3.8, 4) is 0 Å². The van der Waals surface area contributed by atoms with Gasteiger partial charge in [-0.2, -0.15) is 13.2 Å². The Morgan fingerprint density at radius 3 is 2.63 bits per heavy atom.